The Labute approximate surface area is 148 Å². The minimum atomic E-state index is 0.0167. The van der Waals surface area contributed by atoms with E-state index in [9.17, 15) is 0 Å². The number of rotatable bonds is 6. The molecule has 3 nitrogen and oxygen atoms in total. The van der Waals surface area contributed by atoms with Crippen molar-refractivity contribution in [2.45, 2.75) is 19.1 Å². The van der Waals surface area contributed by atoms with Gasteiger partial charge >= 0.3 is 0 Å². The fraction of sp³-hybridized carbons (Fsp3) is 0.300. The predicted molar refractivity (Wildman–Crippen MR) is 101 cm³/mol. The van der Waals surface area contributed by atoms with Crippen molar-refractivity contribution in [3.8, 4) is 0 Å². The number of nitrogens with one attached hydrogen (secondary N) is 1. The lowest BCUT2D eigenvalue weighted by atomic mass is 10.0. The third-order valence-electron chi connectivity index (χ3n) is 4.50. The van der Waals surface area contributed by atoms with Crippen LogP contribution in [0.1, 0.15) is 17.2 Å². The van der Waals surface area contributed by atoms with E-state index in [1.165, 1.54) is 22.0 Å². The van der Waals surface area contributed by atoms with Crippen molar-refractivity contribution in [3.05, 3.63) is 70.9 Å². The lowest BCUT2D eigenvalue weighted by Crippen LogP contribution is -2.35. The average Bonchev–Trinajstić information content (AvgIpc) is 2.91. The summed E-state index contributed by atoms with van der Waals surface area (Å²) >= 11 is 6.19. The van der Waals surface area contributed by atoms with Crippen LogP contribution >= 0.6 is 11.6 Å². The van der Waals surface area contributed by atoms with Gasteiger partial charge in [0.2, 0.25) is 0 Å². The molecule has 1 N–H and O–H groups in total. The highest BCUT2D eigenvalue weighted by Gasteiger charge is 2.26. The molecule has 4 heteroatoms. The second kappa shape index (κ2) is 7.39. The summed E-state index contributed by atoms with van der Waals surface area (Å²) in [5.74, 6) is 0. The smallest absolute Gasteiger partial charge is 0.0943 e. The molecule has 0 aliphatic rings. The minimum absolute atomic E-state index is 0.0167. The Bertz CT molecular complexity index is 813. The van der Waals surface area contributed by atoms with Gasteiger partial charge in [0, 0.05) is 35.8 Å². The summed E-state index contributed by atoms with van der Waals surface area (Å²) in [4.78, 5) is 0. The number of benzene rings is 2. The first-order valence-electron chi connectivity index (χ1n) is 8.14. The maximum Gasteiger partial charge on any atom is 0.0943 e. The standard InChI is InChI=1S/C20H23ClN2O/c1-14-13-23(18-10-9-16(21)11-17(14)18)20(19(24-3)12-22-2)15-7-5-4-6-8-15/h4-11,13,19-20,22H,12H2,1-3H3. The molecule has 0 aliphatic carbocycles. The van der Waals surface area contributed by atoms with Crippen LogP contribution in [0.15, 0.2) is 54.7 Å². The summed E-state index contributed by atoms with van der Waals surface area (Å²) in [6, 6.07) is 16.7. The molecule has 0 saturated heterocycles. The normalized spacial score (nSPS) is 14.0. The molecule has 2 atom stereocenters. The van der Waals surface area contributed by atoms with E-state index >= 15 is 0 Å². The third-order valence-corrected chi connectivity index (χ3v) is 4.73. The second-order valence-corrected chi connectivity index (χ2v) is 6.50. The molecule has 1 heterocycles. The van der Waals surface area contributed by atoms with Crippen molar-refractivity contribution in [1.82, 2.24) is 9.88 Å². The summed E-state index contributed by atoms with van der Waals surface area (Å²) in [5, 5.41) is 5.19. The Morgan fingerprint density at radius 1 is 1.17 bits per heavy atom. The monoisotopic (exact) mass is 342 g/mol. The summed E-state index contributed by atoms with van der Waals surface area (Å²) in [5.41, 5.74) is 3.61. The van der Waals surface area contributed by atoms with Gasteiger partial charge in [0.15, 0.2) is 0 Å². The SMILES string of the molecule is CNCC(OC)C(c1ccccc1)n1cc(C)c2cc(Cl)ccc21. The molecule has 3 rings (SSSR count). The van der Waals surface area contributed by atoms with Gasteiger partial charge in [-0.15, -0.1) is 0 Å². The van der Waals surface area contributed by atoms with E-state index < -0.39 is 0 Å². The number of ether oxygens (including phenoxy) is 1. The Kier molecular flexibility index (Phi) is 5.24. The van der Waals surface area contributed by atoms with E-state index in [4.69, 9.17) is 16.3 Å². The molecule has 0 amide bonds. The van der Waals surface area contributed by atoms with Gasteiger partial charge in [0.1, 0.15) is 0 Å². The summed E-state index contributed by atoms with van der Waals surface area (Å²) in [7, 11) is 3.72. The van der Waals surface area contributed by atoms with E-state index in [2.05, 4.69) is 53.3 Å². The van der Waals surface area contributed by atoms with E-state index in [-0.39, 0.29) is 12.1 Å². The number of aromatic nitrogens is 1. The van der Waals surface area contributed by atoms with Crippen molar-refractivity contribution in [2.75, 3.05) is 20.7 Å². The zero-order valence-corrected chi connectivity index (χ0v) is 15.0. The summed E-state index contributed by atoms with van der Waals surface area (Å²) in [6.07, 6.45) is 2.21. The van der Waals surface area contributed by atoms with Crippen LogP contribution in [-0.4, -0.2) is 31.4 Å². The molecule has 126 valence electrons. The van der Waals surface area contributed by atoms with E-state index in [0.717, 1.165) is 11.6 Å². The fourth-order valence-electron chi connectivity index (χ4n) is 3.36. The van der Waals surface area contributed by atoms with Crippen LogP contribution < -0.4 is 5.32 Å². The minimum Gasteiger partial charge on any atom is -0.378 e. The highest BCUT2D eigenvalue weighted by molar-refractivity contribution is 6.31. The van der Waals surface area contributed by atoms with E-state index in [0.29, 0.717) is 0 Å². The second-order valence-electron chi connectivity index (χ2n) is 6.07. The lowest BCUT2D eigenvalue weighted by molar-refractivity contribution is 0.0722. The lowest BCUT2D eigenvalue weighted by Gasteiger charge is -2.29. The quantitative estimate of drug-likeness (QED) is 0.717. The van der Waals surface area contributed by atoms with Crippen LogP contribution in [-0.2, 0) is 4.74 Å². The highest BCUT2D eigenvalue weighted by Crippen LogP contribution is 2.32. The molecule has 2 aromatic carbocycles. The maximum absolute atomic E-state index is 6.19. The Balaban J connectivity index is 2.19. The Morgan fingerprint density at radius 2 is 1.92 bits per heavy atom. The molecular weight excluding hydrogens is 320 g/mol. The van der Waals surface area contributed by atoms with Crippen LogP contribution in [0.2, 0.25) is 5.02 Å². The molecular formula is C20H23ClN2O. The first kappa shape index (κ1) is 17.0. The maximum atomic E-state index is 6.19. The number of methoxy groups -OCH3 is 1. The van der Waals surface area contributed by atoms with Crippen LogP contribution in [0.25, 0.3) is 10.9 Å². The average molecular weight is 343 g/mol. The van der Waals surface area contributed by atoms with Gasteiger partial charge in [0.05, 0.1) is 12.1 Å². The Morgan fingerprint density at radius 3 is 2.58 bits per heavy atom. The zero-order chi connectivity index (χ0) is 17.1. The van der Waals surface area contributed by atoms with Crippen LogP contribution in [0.3, 0.4) is 0 Å². The fourth-order valence-corrected chi connectivity index (χ4v) is 3.53. The van der Waals surface area contributed by atoms with Gasteiger partial charge in [-0.2, -0.15) is 0 Å². The van der Waals surface area contributed by atoms with Crippen LogP contribution in [0.4, 0.5) is 0 Å². The van der Waals surface area contributed by atoms with Gasteiger partial charge in [-0.25, -0.2) is 0 Å². The third kappa shape index (κ3) is 3.20. The number of hydrogen-bond acceptors (Lipinski definition) is 2. The number of nitrogens with zero attached hydrogens (tertiary/aromatic N) is 1. The van der Waals surface area contributed by atoms with Gasteiger partial charge in [-0.05, 0) is 43.3 Å². The zero-order valence-electron chi connectivity index (χ0n) is 14.3. The molecule has 0 saturated carbocycles. The molecule has 2 unspecified atom stereocenters. The molecule has 0 spiro atoms. The number of aryl methyl sites for hydroxylation is 1. The van der Waals surface area contributed by atoms with E-state index in [1.807, 2.05) is 25.2 Å². The van der Waals surface area contributed by atoms with Crippen molar-refractivity contribution in [1.29, 1.82) is 0 Å². The van der Waals surface area contributed by atoms with Gasteiger partial charge in [-0.1, -0.05) is 41.9 Å². The number of hydrogen-bond donors (Lipinski definition) is 1. The van der Waals surface area contributed by atoms with Crippen molar-refractivity contribution in [3.63, 3.8) is 0 Å². The van der Waals surface area contributed by atoms with Gasteiger partial charge in [0.25, 0.3) is 0 Å². The van der Waals surface area contributed by atoms with Crippen LogP contribution in [0.5, 0.6) is 0 Å². The first-order chi connectivity index (χ1) is 11.7. The van der Waals surface area contributed by atoms with Crippen molar-refractivity contribution < 1.29 is 4.74 Å². The molecule has 1 aromatic heterocycles. The van der Waals surface area contributed by atoms with Gasteiger partial charge < -0.3 is 14.6 Å². The topological polar surface area (TPSA) is 26.2 Å². The summed E-state index contributed by atoms with van der Waals surface area (Å²) in [6.45, 7) is 2.89. The molecule has 3 aromatic rings. The number of halogens is 1. The first-order valence-corrected chi connectivity index (χ1v) is 8.52. The molecule has 0 radical (unpaired) electrons. The van der Waals surface area contributed by atoms with Gasteiger partial charge in [-0.3, -0.25) is 0 Å². The summed E-state index contributed by atoms with van der Waals surface area (Å²) < 4.78 is 8.14. The van der Waals surface area contributed by atoms with Crippen LogP contribution in [0, 0.1) is 6.92 Å². The van der Waals surface area contributed by atoms with Crippen molar-refractivity contribution >= 4 is 22.5 Å². The molecule has 0 bridgehead atoms. The molecule has 0 aliphatic heterocycles. The predicted octanol–water partition coefficient (Wildman–Crippen LogP) is 4.43. The number of fused-ring (bicyclic) bond motifs is 1. The number of likely N-dealkylation sites (N-methyl/N-ethyl adjacent to an activating group) is 1. The Hall–Kier alpha value is -1.81. The van der Waals surface area contributed by atoms with E-state index in [1.54, 1.807) is 7.11 Å². The molecule has 0 fully saturated rings. The molecule has 24 heavy (non-hydrogen) atoms. The largest absolute Gasteiger partial charge is 0.378 e. The highest BCUT2D eigenvalue weighted by atomic mass is 35.5. The van der Waals surface area contributed by atoms with Crippen molar-refractivity contribution in [2.24, 2.45) is 0 Å².